The van der Waals surface area contributed by atoms with E-state index < -0.39 is 10.0 Å². The summed E-state index contributed by atoms with van der Waals surface area (Å²) in [4.78, 5) is 4.52. The van der Waals surface area contributed by atoms with E-state index in [1.54, 1.807) is 30.5 Å². The van der Waals surface area contributed by atoms with E-state index >= 15 is 0 Å². The van der Waals surface area contributed by atoms with Crippen LogP contribution in [0.15, 0.2) is 41.4 Å². The van der Waals surface area contributed by atoms with Gasteiger partial charge in [0.25, 0.3) is 0 Å². The lowest BCUT2D eigenvalue weighted by Gasteiger charge is -2.22. The van der Waals surface area contributed by atoms with Crippen LogP contribution in [0.1, 0.15) is 19.8 Å². The van der Waals surface area contributed by atoms with E-state index in [1.165, 1.54) is 4.31 Å². The summed E-state index contributed by atoms with van der Waals surface area (Å²) in [5.41, 5.74) is 6.25. The summed E-state index contributed by atoms with van der Waals surface area (Å²) in [6.45, 7) is 3.17. The zero-order valence-corrected chi connectivity index (χ0v) is 13.0. The number of pyridine rings is 1. The lowest BCUT2D eigenvalue weighted by molar-refractivity contribution is 0.410. The van der Waals surface area contributed by atoms with Crippen LogP contribution < -0.4 is 5.73 Å². The number of fused-ring (bicyclic) bond motifs is 1. The Bertz CT molecular complexity index is 696. The van der Waals surface area contributed by atoms with Gasteiger partial charge in [-0.05, 0) is 30.7 Å². The van der Waals surface area contributed by atoms with Gasteiger partial charge in [0, 0.05) is 31.2 Å². The zero-order chi connectivity index (χ0) is 15.3. The minimum absolute atomic E-state index is 0.303. The molecule has 6 heteroatoms. The molecule has 0 spiro atoms. The van der Waals surface area contributed by atoms with E-state index in [2.05, 4.69) is 4.98 Å². The first-order chi connectivity index (χ1) is 10.1. The maximum Gasteiger partial charge on any atom is 0.243 e. The molecule has 0 aliphatic rings. The van der Waals surface area contributed by atoms with Gasteiger partial charge in [-0.3, -0.25) is 4.98 Å². The average molecular weight is 307 g/mol. The number of hydrogen-bond donors (Lipinski definition) is 1. The van der Waals surface area contributed by atoms with Crippen molar-refractivity contribution in [3.63, 3.8) is 0 Å². The van der Waals surface area contributed by atoms with Gasteiger partial charge in [-0.15, -0.1) is 0 Å². The quantitative estimate of drug-likeness (QED) is 0.848. The molecule has 114 valence electrons. The van der Waals surface area contributed by atoms with Gasteiger partial charge in [-0.25, -0.2) is 8.42 Å². The van der Waals surface area contributed by atoms with Crippen LogP contribution in [0.4, 0.5) is 0 Å². The number of nitrogens with zero attached hydrogens (tertiary/aromatic N) is 2. The Morgan fingerprint density at radius 2 is 2.00 bits per heavy atom. The fourth-order valence-electron chi connectivity index (χ4n) is 2.27. The molecule has 2 aromatic rings. The van der Waals surface area contributed by atoms with Crippen LogP contribution in [0.3, 0.4) is 0 Å². The van der Waals surface area contributed by atoms with Crippen LogP contribution in [-0.4, -0.2) is 37.3 Å². The third kappa shape index (κ3) is 3.40. The van der Waals surface area contributed by atoms with Gasteiger partial charge in [-0.2, -0.15) is 4.31 Å². The molecule has 0 aliphatic heterocycles. The van der Waals surface area contributed by atoms with Crippen molar-refractivity contribution < 1.29 is 8.42 Å². The van der Waals surface area contributed by atoms with Gasteiger partial charge < -0.3 is 5.73 Å². The Hall–Kier alpha value is -1.50. The lowest BCUT2D eigenvalue weighted by atomic mass is 10.2. The molecule has 2 N–H and O–H groups in total. The standard InChI is InChI=1S/C15H21N3O2S/c1-2-3-11-18(12-9-16)21(19,20)15-8-4-7-14-13(15)6-5-10-17-14/h4-8,10H,2-3,9,11-12,16H2,1H3. The van der Waals surface area contributed by atoms with Gasteiger partial charge in [0.05, 0.1) is 10.4 Å². The second-order valence-corrected chi connectivity index (χ2v) is 6.78. The van der Waals surface area contributed by atoms with Crippen molar-refractivity contribution in [3.05, 3.63) is 36.5 Å². The molecule has 0 amide bonds. The predicted molar refractivity (Wildman–Crippen MR) is 84.5 cm³/mol. The predicted octanol–water partition coefficient (Wildman–Crippen LogP) is 1.98. The smallest absolute Gasteiger partial charge is 0.243 e. The number of nitrogens with two attached hydrogens (primary N) is 1. The highest BCUT2D eigenvalue weighted by Crippen LogP contribution is 2.24. The maximum absolute atomic E-state index is 12.9. The molecule has 2 rings (SSSR count). The van der Waals surface area contributed by atoms with Crippen molar-refractivity contribution in [2.75, 3.05) is 19.6 Å². The summed E-state index contributed by atoms with van der Waals surface area (Å²) in [5, 5.41) is 0.651. The Morgan fingerprint density at radius 3 is 2.71 bits per heavy atom. The molecule has 0 aliphatic carbocycles. The Labute approximate surface area is 125 Å². The fraction of sp³-hybridized carbons (Fsp3) is 0.400. The van der Waals surface area contributed by atoms with Crippen LogP contribution in [0.25, 0.3) is 10.9 Å². The topological polar surface area (TPSA) is 76.3 Å². The van der Waals surface area contributed by atoms with Crippen LogP contribution >= 0.6 is 0 Å². The van der Waals surface area contributed by atoms with E-state index in [0.717, 1.165) is 12.8 Å². The van der Waals surface area contributed by atoms with E-state index in [9.17, 15) is 8.42 Å². The zero-order valence-electron chi connectivity index (χ0n) is 12.2. The summed E-state index contributed by atoms with van der Waals surface area (Å²) in [6.07, 6.45) is 3.42. The molecule has 0 atom stereocenters. The summed E-state index contributed by atoms with van der Waals surface area (Å²) >= 11 is 0. The molecular weight excluding hydrogens is 286 g/mol. The summed E-state index contributed by atoms with van der Waals surface area (Å²) in [5.74, 6) is 0. The molecule has 0 saturated heterocycles. The molecule has 0 radical (unpaired) electrons. The highest BCUT2D eigenvalue weighted by molar-refractivity contribution is 7.89. The maximum atomic E-state index is 12.9. The van der Waals surface area contributed by atoms with E-state index in [4.69, 9.17) is 5.73 Å². The highest BCUT2D eigenvalue weighted by atomic mass is 32.2. The molecule has 0 bridgehead atoms. The number of sulfonamides is 1. The molecule has 21 heavy (non-hydrogen) atoms. The second-order valence-electron chi connectivity index (χ2n) is 4.87. The number of benzene rings is 1. The molecule has 5 nitrogen and oxygen atoms in total. The van der Waals surface area contributed by atoms with Crippen LogP contribution in [0.2, 0.25) is 0 Å². The first-order valence-electron chi connectivity index (χ1n) is 7.15. The van der Waals surface area contributed by atoms with Crippen molar-refractivity contribution in [1.29, 1.82) is 0 Å². The molecule has 1 heterocycles. The number of rotatable bonds is 7. The first kappa shape index (κ1) is 15.9. The Morgan fingerprint density at radius 1 is 1.19 bits per heavy atom. The third-order valence-corrected chi connectivity index (χ3v) is 5.32. The lowest BCUT2D eigenvalue weighted by Crippen LogP contribution is -2.36. The van der Waals surface area contributed by atoms with E-state index in [0.29, 0.717) is 35.4 Å². The van der Waals surface area contributed by atoms with Gasteiger partial charge >= 0.3 is 0 Å². The second kappa shape index (κ2) is 6.98. The summed E-state index contributed by atoms with van der Waals surface area (Å²) in [7, 11) is -3.55. The van der Waals surface area contributed by atoms with Crippen molar-refractivity contribution in [2.45, 2.75) is 24.7 Å². The SMILES string of the molecule is CCCCN(CCN)S(=O)(=O)c1cccc2ncccc12. The number of hydrogen-bond acceptors (Lipinski definition) is 4. The molecular formula is C15H21N3O2S. The largest absolute Gasteiger partial charge is 0.329 e. The average Bonchev–Trinajstić information content (AvgIpc) is 2.50. The van der Waals surface area contributed by atoms with Crippen LogP contribution in [0, 0.1) is 0 Å². The molecule has 1 aromatic heterocycles. The number of aromatic nitrogens is 1. The van der Waals surface area contributed by atoms with Crippen molar-refractivity contribution in [1.82, 2.24) is 9.29 Å². The highest BCUT2D eigenvalue weighted by Gasteiger charge is 2.25. The van der Waals surface area contributed by atoms with Gasteiger partial charge in [0.15, 0.2) is 0 Å². The summed E-state index contributed by atoms with van der Waals surface area (Å²) in [6, 6.07) is 8.71. The first-order valence-corrected chi connectivity index (χ1v) is 8.59. The van der Waals surface area contributed by atoms with Gasteiger partial charge in [0.1, 0.15) is 0 Å². The van der Waals surface area contributed by atoms with E-state index in [-0.39, 0.29) is 0 Å². The third-order valence-electron chi connectivity index (χ3n) is 3.36. The van der Waals surface area contributed by atoms with Crippen molar-refractivity contribution >= 4 is 20.9 Å². The Kier molecular flexibility index (Phi) is 5.27. The minimum atomic E-state index is -3.55. The molecule has 0 saturated carbocycles. The minimum Gasteiger partial charge on any atom is -0.329 e. The van der Waals surface area contributed by atoms with Crippen LogP contribution in [0.5, 0.6) is 0 Å². The summed E-state index contributed by atoms with van der Waals surface area (Å²) < 4.78 is 27.2. The van der Waals surface area contributed by atoms with Crippen LogP contribution in [-0.2, 0) is 10.0 Å². The van der Waals surface area contributed by atoms with Gasteiger partial charge in [-0.1, -0.05) is 19.4 Å². The molecule has 1 aromatic carbocycles. The number of unbranched alkanes of at least 4 members (excludes halogenated alkanes) is 1. The Balaban J connectivity index is 2.49. The van der Waals surface area contributed by atoms with Crippen molar-refractivity contribution in [2.24, 2.45) is 5.73 Å². The van der Waals surface area contributed by atoms with E-state index in [1.807, 2.05) is 13.0 Å². The fourth-order valence-corrected chi connectivity index (χ4v) is 3.96. The van der Waals surface area contributed by atoms with Crippen molar-refractivity contribution in [3.8, 4) is 0 Å². The molecule has 0 unspecified atom stereocenters. The van der Waals surface area contributed by atoms with Gasteiger partial charge in [0.2, 0.25) is 10.0 Å². The normalized spacial score (nSPS) is 12.1. The molecule has 0 fully saturated rings. The monoisotopic (exact) mass is 307 g/mol.